The highest BCUT2D eigenvalue weighted by Gasteiger charge is 2.23. The van der Waals surface area contributed by atoms with Gasteiger partial charge in [0.1, 0.15) is 5.56 Å². The Morgan fingerprint density at radius 3 is 2.73 bits per heavy atom. The third kappa shape index (κ3) is 3.71. The molecule has 2 aromatic heterocycles. The predicted molar refractivity (Wildman–Crippen MR) is 117 cm³/mol. The van der Waals surface area contributed by atoms with Gasteiger partial charge in [0.2, 0.25) is 6.79 Å². The highest BCUT2D eigenvalue weighted by molar-refractivity contribution is 6.00. The SMILES string of the molecule is Cc1cc(-c2ccccc2)nc2c(C(=O)NN=Cc3cc4c(cc3[N+](=O)[O-])OCO4)cnn12. The van der Waals surface area contributed by atoms with Gasteiger partial charge >= 0.3 is 0 Å². The van der Waals surface area contributed by atoms with E-state index < -0.39 is 10.8 Å². The molecule has 5 rings (SSSR count). The number of aromatic nitrogens is 3. The maximum atomic E-state index is 12.8. The molecule has 4 aromatic rings. The van der Waals surface area contributed by atoms with Crippen LogP contribution in [-0.4, -0.2) is 38.4 Å². The van der Waals surface area contributed by atoms with Crippen molar-refractivity contribution < 1.29 is 19.2 Å². The molecule has 2 aromatic carbocycles. The normalized spacial score (nSPS) is 12.4. The minimum Gasteiger partial charge on any atom is -0.454 e. The van der Waals surface area contributed by atoms with E-state index in [0.29, 0.717) is 17.1 Å². The van der Waals surface area contributed by atoms with E-state index in [1.807, 2.05) is 43.3 Å². The van der Waals surface area contributed by atoms with E-state index in [2.05, 4.69) is 20.6 Å². The fourth-order valence-electron chi connectivity index (χ4n) is 3.46. The van der Waals surface area contributed by atoms with Crippen LogP contribution in [0.5, 0.6) is 11.5 Å². The summed E-state index contributed by atoms with van der Waals surface area (Å²) in [5.41, 5.74) is 5.31. The van der Waals surface area contributed by atoms with Crippen LogP contribution in [0.25, 0.3) is 16.9 Å². The lowest BCUT2D eigenvalue weighted by Gasteiger charge is -2.06. The number of hydrogen-bond donors (Lipinski definition) is 1. The zero-order valence-corrected chi connectivity index (χ0v) is 17.3. The molecule has 1 amide bonds. The highest BCUT2D eigenvalue weighted by Crippen LogP contribution is 2.37. The smallest absolute Gasteiger partial charge is 0.282 e. The number of rotatable bonds is 5. The summed E-state index contributed by atoms with van der Waals surface area (Å²) in [6.07, 6.45) is 2.58. The first-order valence-electron chi connectivity index (χ1n) is 9.83. The molecule has 0 fully saturated rings. The van der Waals surface area contributed by atoms with Crippen LogP contribution >= 0.6 is 0 Å². The average Bonchev–Trinajstić information content (AvgIpc) is 3.45. The number of hydrogen-bond acceptors (Lipinski definition) is 8. The van der Waals surface area contributed by atoms with Crippen LogP contribution < -0.4 is 14.9 Å². The number of aryl methyl sites for hydroxylation is 1. The molecular weight excluding hydrogens is 428 g/mol. The van der Waals surface area contributed by atoms with Crippen LogP contribution in [0.1, 0.15) is 21.6 Å². The van der Waals surface area contributed by atoms with Crippen LogP contribution in [-0.2, 0) is 0 Å². The van der Waals surface area contributed by atoms with Gasteiger partial charge in [-0.05, 0) is 19.1 Å². The fourth-order valence-corrected chi connectivity index (χ4v) is 3.46. The lowest BCUT2D eigenvalue weighted by atomic mass is 10.1. The van der Waals surface area contributed by atoms with Gasteiger partial charge in [0, 0.05) is 11.3 Å². The van der Waals surface area contributed by atoms with Crippen molar-refractivity contribution in [1.29, 1.82) is 0 Å². The Kier molecular flexibility index (Phi) is 4.90. The predicted octanol–water partition coefficient (Wildman–Crippen LogP) is 3.11. The molecule has 0 spiro atoms. The largest absolute Gasteiger partial charge is 0.454 e. The van der Waals surface area contributed by atoms with E-state index >= 15 is 0 Å². The molecule has 3 heterocycles. The molecule has 1 aliphatic rings. The number of amides is 1. The summed E-state index contributed by atoms with van der Waals surface area (Å²) >= 11 is 0. The standard InChI is InChI=1S/C22H16N6O5/c1-13-7-17(14-5-3-2-4-6-14)25-21-16(11-24-27(13)21)22(29)26-23-10-15-8-19-20(33-12-32-19)9-18(15)28(30)31/h2-11H,12H2,1H3,(H,26,29). The quantitative estimate of drug-likeness (QED) is 0.284. The van der Waals surface area contributed by atoms with Gasteiger partial charge < -0.3 is 9.47 Å². The number of nitrogens with zero attached hydrogens (tertiary/aromatic N) is 5. The van der Waals surface area contributed by atoms with Crippen molar-refractivity contribution in [2.45, 2.75) is 6.92 Å². The van der Waals surface area contributed by atoms with Gasteiger partial charge in [-0.1, -0.05) is 30.3 Å². The van der Waals surface area contributed by atoms with Gasteiger partial charge in [0.05, 0.1) is 34.7 Å². The number of hydrazone groups is 1. The average molecular weight is 444 g/mol. The van der Waals surface area contributed by atoms with Gasteiger partial charge in [-0.2, -0.15) is 10.2 Å². The van der Waals surface area contributed by atoms with Crippen LogP contribution in [0, 0.1) is 17.0 Å². The number of benzene rings is 2. The van der Waals surface area contributed by atoms with Crippen molar-refractivity contribution in [3.05, 3.63) is 81.7 Å². The number of nitro benzene ring substituents is 1. The number of ether oxygens (including phenoxy) is 2. The molecule has 33 heavy (non-hydrogen) atoms. The number of carbonyl (C=O) groups excluding carboxylic acids is 1. The van der Waals surface area contributed by atoms with E-state index in [-0.39, 0.29) is 29.4 Å². The molecule has 0 bridgehead atoms. The monoisotopic (exact) mass is 444 g/mol. The Bertz CT molecular complexity index is 1430. The van der Waals surface area contributed by atoms with E-state index in [1.165, 1.54) is 24.5 Å². The number of carbonyl (C=O) groups is 1. The maximum Gasteiger partial charge on any atom is 0.282 e. The second-order valence-corrected chi connectivity index (χ2v) is 7.16. The molecule has 0 radical (unpaired) electrons. The molecule has 0 aliphatic carbocycles. The Hall–Kier alpha value is -4.80. The molecule has 11 heteroatoms. The molecule has 0 saturated heterocycles. The zero-order valence-electron chi connectivity index (χ0n) is 17.3. The van der Waals surface area contributed by atoms with Gasteiger partial charge in [0.15, 0.2) is 17.1 Å². The Morgan fingerprint density at radius 1 is 1.21 bits per heavy atom. The second kappa shape index (κ2) is 8.04. The van der Waals surface area contributed by atoms with Crippen LogP contribution in [0.15, 0.2) is 59.8 Å². The molecule has 164 valence electrons. The summed E-state index contributed by atoms with van der Waals surface area (Å²) in [6.45, 7) is 1.85. The Morgan fingerprint density at radius 2 is 1.97 bits per heavy atom. The van der Waals surface area contributed by atoms with Crippen molar-refractivity contribution in [1.82, 2.24) is 20.0 Å². The third-order valence-corrected chi connectivity index (χ3v) is 5.05. The van der Waals surface area contributed by atoms with E-state index in [1.54, 1.807) is 4.52 Å². The zero-order chi connectivity index (χ0) is 22.9. The van der Waals surface area contributed by atoms with Gasteiger partial charge in [-0.15, -0.1) is 0 Å². The van der Waals surface area contributed by atoms with Crippen LogP contribution in [0.2, 0.25) is 0 Å². The lowest BCUT2D eigenvalue weighted by Crippen LogP contribution is -2.18. The summed E-state index contributed by atoms with van der Waals surface area (Å²) in [5, 5.41) is 19.5. The summed E-state index contributed by atoms with van der Waals surface area (Å²) < 4.78 is 12.0. The first-order valence-corrected chi connectivity index (χ1v) is 9.83. The first kappa shape index (κ1) is 20.1. The summed E-state index contributed by atoms with van der Waals surface area (Å²) in [6, 6.07) is 14.2. The highest BCUT2D eigenvalue weighted by atomic mass is 16.7. The van der Waals surface area contributed by atoms with Crippen molar-refractivity contribution in [2.75, 3.05) is 6.79 Å². The Labute approximate surface area is 186 Å². The minimum absolute atomic E-state index is 0.0179. The van der Waals surface area contributed by atoms with Gasteiger partial charge in [-0.3, -0.25) is 14.9 Å². The van der Waals surface area contributed by atoms with Crippen LogP contribution in [0.3, 0.4) is 0 Å². The second-order valence-electron chi connectivity index (χ2n) is 7.16. The van der Waals surface area contributed by atoms with Crippen molar-refractivity contribution in [3.63, 3.8) is 0 Å². The third-order valence-electron chi connectivity index (χ3n) is 5.05. The molecule has 0 atom stereocenters. The molecule has 0 saturated carbocycles. The number of nitrogens with one attached hydrogen (secondary N) is 1. The topological polar surface area (TPSA) is 133 Å². The molecule has 1 N–H and O–H groups in total. The summed E-state index contributed by atoms with van der Waals surface area (Å²) in [5.74, 6) is 0.0933. The van der Waals surface area contributed by atoms with E-state index in [0.717, 1.165) is 11.3 Å². The summed E-state index contributed by atoms with van der Waals surface area (Å²) in [7, 11) is 0. The van der Waals surface area contributed by atoms with E-state index in [9.17, 15) is 14.9 Å². The number of fused-ring (bicyclic) bond motifs is 2. The van der Waals surface area contributed by atoms with E-state index in [4.69, 9.17) is 9.47 Å². The van der Waals surface area contributed by atoms with Crippen molar-refractivity contribution in [2.24, 2.45) is 5.10 Å². The molecule has 11 nitrogen and oxygen atoms in total. The van der Waals surface area contributed by atoms with Crippen LogP contribution in [0.4, 0.5) is 5.69 Å². The van der Waals surface area contributed by atoms with Crippen molar-refractivity contribution >= 4 is 23.5 Å². The number of nitro groups is 1. The fraction of sp³-hybridized carbons (Fsp3) is 0.0909. The maximum absolute atomic E-state index is 12.8. The molecular formula is C22H16N6O5. The Balaban J connectivity index is 1.43. The van der Waals surface area contributed by atoms with Gasteiger partial charge in [0.25, 0.3) is 11.6 Å². The van der Waals surface area contributed by atoms with Gasteiger partial charge in [-0.25, -0.2) is 14.9 Å². The minimum atomic E-state index is -0.561. The molecule has 0 unspecified atom stereocenters. The summed E-state index contributed by atoms with van der Waals surface area (Å²) in [4.78, 5) is 28.2. The first-order chi connectivity index (χ1) is 16.0. The lowest BCUT2D eigenvalue weighted by molar-refractivity contribution is -0.385. The van der Waals surface area contributed by atoms with Crippen molar-refractivity contribution in [3.8, 4) is 22.8 Å². The molecule has 1 aliphatic heterocycles.